The van der Waals surface area contributed by atoms with Crippen molar-refractivity contribution in [2.45, 2.75) is 47.2 Å². The molecule has 0 radical (unpaired) electrons. The number of aromatic nitrogens is 2. The van der Waals surface area contributed by atoms with Gasteiger partial charge >= 0.3 is 5.97 Å². The molecular weight excluding hydrogens is 254 g/mol. The predicted octanol–water partition coefficient (Wildman–Crippen LogP) is 2.23. The Morgan fingerprint density at radius 3 is 2.55 bits per heavy atom. The van der Waals surface area contributed by atoms with Gasteiger partial charge < -0.3 is 5.11 Å². The Morgan fingerprint density at radius 2 is 2.10 bits per heavy atom. The van der Waals surface area contributed by atoms with Gasteiger partial charge in [0.15, 0.2) is 0 Å². The number of carboxylic acids is 1. The van der Waals surface area contributed by atoms with E-state index in [1.807, 2.05) is 18.5 Å². The molecule has 1 aromatic heterocycles. The van der Waals surface area contributed by atoms with Crippen molar-refractivity contribution in [3.05, 3.63) is 17.0 Å². The molecule has 1 saturated heterocycles. The first-order valence-corrected chi connectivity index (χ1v) is 7.37. The van der Waals surface area contributed by atoms with Crippen molar-refractivity contribution >= 4 is 5.97 Å². The van der Waals surface area contributed by atoms with Crippen molar-refractivity contribution in [3.63, 3.8) is 0 Å². The summed E-state index contributed by atoms with van der Waals surface area (Å²) < 4.78 is 2.02. The maximum atomic E-state index is 11.3. The van der Waals surface area contributed by atoms with Crippen LogP contribution < -0.4 is 0 Å². The van der Waals surface area contributed by atoms with Gasteiger partial charge in [-0.2, -0.15) is 5.10 Å². The van der Waals surface area contributed by atoms with Crippen molar-refractivity contribution in [3.8, 4) is 0 Å². The van der Waals surface area contributed by atoms with E-state index >= 15 is 0 Å². The number of aryl methyl sites for hydroxylation is 2. The van der Waals surface area contributed by atoms with E-state index in [4.69, 9.17) is 0 Å². The summed E-state index contributed by atoms with van der Waals surface area (Å²) in [7, 11) is 0. The fourth-order valence-corrected chi connectivity index (χ4v) is 3.45. The molecule has 20 heavy (non-hydrogen) atoms. The maximum Gasteiger partial charge on any atom is 0.308 e. The highest BCUT2D eigenvalue weighted by atomic mass is 16.4. The van der Waals surface area contributed by atoms with Gasteiger partial charge in [0.05, 0.1) is 11.6 Å². The standard InChI is InChI=1S/C15H25N3O2/c1-6-18-12(5)14(10(3)16-18)11(4)17-7-9(2)13(8-17)15(19)20/h9,11,13H,6-8H2,1-5H3,(H,19,20)/t9-,11?,13-/m1/s1. The lowest BCUT2D eigenvalue weighted by Crippen LogP contribution is -2.27. The van der Waals surface area contributed by atoms with Crippen molar-refractivity contribution in [1.82, 2.24) is 14.7 Å². The molecule has 0 amide bonds. The zero-order valence-corrected chi connectivity index (χ0v) is 13.1. The van der Waals surface area contributed by atoms with Crippen molar-refractivity contribution in [2.75, 3.05) is 13.1 Å². The number of carboxylic acid groups (broad SMARTS) is 1. The molecule has 2 heterocycles. The van der Waals surface area contributed by atoms with E-state index in [0.29, 0.717) is 6.54 Å². The smallest absolute Gasteiger partial charge is 0.308 e. The number of likely N-dealkylation sites (tertiary alicyclic amines) is 1. The van der Waals surface area contributed by atoms with Crippen LogP contribution in [0.5, 0.6) is 0 Å². The van der Waals surface area contributed by atoms with E-state index in [-0.39, 0.29) is 17.9 Å². The second-order valence-corrected chi connectivity index (χ2v) is 5.95. The van der Waals surface area contributed by atoms with E-state index in [2.05, 4.69) is 30.8 Å². The number of aliphatic carboxylic acids is 1. The van der Waals surface area contributed by atoms with Crippen LogP contribution >= 0.6 is 0 Å². The average Bonchev–Trinajstić information content (AvgIpc) is 2.89. The lowest BCUT2D eigenvalue weighted by Gasteiger charge is -2.25. The molecule has 112 valence electrons. The molecule has 1 aromatic rings. The summed E-state index contributed by atoms with van der Waals surface area (Å²) in [6, 6.07) is 0.224. The molecule has 1 N–H and O–H groups in total. The molecule has 5 heteroatoms. The zero-order chi connectivity index (χ0) is 15.0. The Balaban J connectivity index is 2.23. The minimum absolute atomic E-state index is 0.205. The molecule has 1 unspecified atom stereocenters. The van der Waals surface area contributed by atoms with Crippen LogP contribution in [0.15, 0.2) is 0 Å². The second-order valence-electron chi connectivity index (χ2n) is 5.95. The van der Waals surface area contributed by atoms with Gasteiger partial charge in [-0.3, -0.25) is 14.4 Å². The number of hydrogen-bond donors (Lipinski definition) is 1. The van der Waals surface area contributed by atoms with Crippen molar-refractivity contribution in [2.24, 2.45) is 11.8 Å². The van der Waals surface area contributed by atoms with Gasteiger partial charge in [-0.05, 0) is 33.6 Å². The fraction of sp³-hybridized carbons (Fsp3) is 0.733. The van der Waals surface area contributed by atoms with Gasteiger partial charge in [0, 0.05) is 36.9 Å². The van der Waals surface area contributed by atoms with Gasteiger partial charge in [0.25, 0.3) is 0 Å². The monoisotopic (exact) mass is 279 g/mol. The van der Waals surface area contributed by atoms with Crippen molar-refractivity contribution < 1.29 is 9.90 Å². The van der Waals surface area contributed by atoms with Gasteiger partial charge in [0.2, 0.25) is 0 Å². The summed E-state index contributed by atoms with van der Waals surface area (Å²) in [6.45, 7) is 12.8. The van der Waals surface area contributed by atoms with E-state index in [1.165, 1.54) is 11.3 Å². The van der Waals surface area contributed by atoms with Crippen LogP contribution in [-0.2, 0) is 11.3 Å². The van der Waals surface area contributed by atoms with Crippen LogP contribution in [0, 0.1) is 25.7 Å². The fourth-order valence-electron chi connectivity index (χ4n) is 3.45. The topological polar surface area (TPSA) is 58.4 Å². The Kier molecular flexibility index (Phi) is 4.18. The third kappa shape index (κ3) is 2.46. The lowest BCUT2D eigenvalue weighted by molar-refractivity contribution is -0.142. The molecule has 3 atom stereocenters. The molecule has 5 nitrogen and oxygen atoms in total. The molecule has 2 rings (SSSR count). The van der Waals surface area contributed by atoms with Crippen LogP contribution in [-0.4, -0.2) is 38.8 Å². The van der Waals surface area contributed by atoms with E-state index < -0.39 is 5.97 Å². The van der Waals surface area contributed by atoms with Crippen LogP contribution in [0.2, 0.25) is 0 Å². The number of rotatable bonds is 4. The molecule has 1 fully saturated rings. The number of hydrogen-bond acceptors (Lipinski definition) is 3. The lowest BCUT2D eigenvalue weighted by atomic mass is 9.99. The first kappa shape index (κ1) is 15.0. The highest BCUT2D eigenvalue weighted by Crippen LogP contribution is 2.33. The molecule has 0 aliphatic carbocycles. The van der Waals surface area contributed by atoms with Crippen molar-refractivity contribution in [1.29, 1.82) is 0 Å². The second kappa shape index (κ2) is 5.56. The summed E-state index contributed by atoms with van der Waals surface area (Å²) >= 11 is 0. The highest BCUT2D eigenvalue weighted by molar-refractivity contribution is 5.71. The summed E-state index contributed by atoms with van der Waals surface area (Å²) in [5, 5.41) is 13.8. The summed E-state index contributed by atoms with van der Waals surface area (Å²) in [6.07, 6.45) is 0. The molecule has 1 aliphatic heterocycles. The Bertz CT molecular complexity index is 509. The van der Waals surface area contributed by atoms with Crippen LogP contribution in [0.4, 0.5) is 0 Å². The molecule has 1 aliphatic rings. The van der Waals surface area contributed by atoms with Gasteiger partial charge in [-0.15, -0.1) is 0 Å². The Morgan fingerprint density at radius 1 is 1.45 bits per heavy atom. The first-order valence-electron chi connectivity index (χ1n) is 7.37. The number of nitrogens with zero attached hydrogens (tertiary/aromatic N) is 3. The first-order chi connectivity index (χ1) is 9.36. The predicted molar refractivity (Wildman–Crippen MR) is 77.7 cm³/mol. The third-order valence-electron chi connectivity index (χ3n) is 4.66. The average molecular weight is 279 g/mol. The van der Waals surface area contributed by atoms with Gasteiger partial charge in [0.1, 0.15) is 0 Å². The largest absolute Gasteiger partial charge is 0.481 e. The van der Waals surface area contributed by atoms with Gasteiger partial charge in [-0.1, -0.05) is 6.92 Å². The third-order valence-corrected chi connectivity index (χ3v) is 4.66. The maximum absolute atomic E-state index is 11.3. The molecule has 0 aromatic carbocycles. The Labute approximate surface area is 120 Å². The summed E-state index contributed by atoms with van der Waals surface area (Å²) in [4.78, 5) is 13.5. The van der Waals surface area contributed by atoms with Crippen LogP contribution in [0.3, 0.4) is 0 Å². The summed E-state index contributed by atoms with van der Waals surface area (Å²) in [5.41, 5.74) is 3.51. The zero-order valence-electron chi connectivity index (χ0n) is 13.1. The SMILES string of the molecule is CCn1nc(C)c(C(C)N2C[C@@H](C)[C@H](C(=O)O)C2)c1C. The van der Waals surface area contributed by atoms with Crippen LogP contribution in [0.1, 0.15) is 43.8 Å². The van der Waals surface area contributed by atoms with E-state index in [9.17, 15) is 9.90 Å². The highest BCUT2D eigenvalue weighted by Gasteiger charge is 2.37. The minimum Gasteiger partial charge on any atom is -0.481 e. The summed E-state index contributed by atoms with van der Waals surface area (Å²) in [5.74, 6) is -0.721. The normalized spacial score (nSPS) is 25.1. The molecule has 0 bridgehead atoms. The molecular formula is C15H25N3O2. The molecule has 0 saturated carbocycles. The van der Waals surface area contributed by atoms with E-state index in [1.54, 1.807) is 0 Å². The Hall–Kier alpha value is -1.36. The van der Waals surface area contributed by atoms with E-state index in [0.717, 1.165) is 18.8 Å². The quantitative estimate of drug-likeness (QED) is 0.918. The van der Waals surface area contributed by atoms with Gasteiger partial charge in [-0.25, -0.2) is 0 Å². The number of carbonyl (C=O) groups is 1. The molecule has 0 spiro atoms. The minimum atomic E-state index is -0.676. The van der Waals surface area contributed by atoms with Crippen LogP contribution in [0.25, 0.3) is 0 Å².